The van der Waals surface area contributed by atoms with Crippen molar-refractivity contribution in [1.29, 1.82) is 0 Å². The number of aromatic nitrogens is 2. The Bertz CT molecular complexity index is 568. The second kappa shape index (κ2) is 5.14. The Morgan fingerprint density at radius 2 is 2.28 bits per heavy atom. The molecule has 0 atom stereocenters. The number of hydrogen-bond acceptors (Lipinski definition) is 5. The van der Waals surface area contributed by atoms with E-state index in [-0.39, 0.29) is 5.69 Å². The Morgan fingerprint density at radius 3 is 2.89 bits per heavy atom. The Labute approximate surface area is 109 Å². The minimum Gasteiger partial charge on any atom is -0.476 e. The number of nitrogens with zero attached hydrogens (tertiary/aromatic N) is 3. The Kier molecular flexibility index (Phi) is 3.57. The van der Waals surface area contributed by atoms with Crippen molar-refractivity contribution >= 4 is 23.0 Å². The van der Waals surface area contributed by atoms with Gasteiger partial charge in [0, 0.05) is 18.1 Å². The van der Waals surface area contributed by atoms with Crippen LogP contribution in [0.15, 0.2) is 23.8 Å². The molecule has 2 heterocycles. The molecule has 2 aromatic rings. The molecule has 1 N–H and O–H groups in total. The fraction of sp³-hybridized carbons (Fsp3) is 0.250. The lowest BCUT2D eigenvalue weighted by molar-refractivity contribution is 0.0691. The zero-order chi connectivity index (χ0) is 13.1. The van der Waals surface area contributed by atoms with E-state index in [9.17, 15) is 4.79 Å². The predicted octanol–water partition coefficient (Wildman–Crippen LogP) is 2.18. The van der Waals surface area contributed by atoms with Gasteiger partial charge in [-0.05, 0) is 19.1 Å². The third kappa shape index (κ3) is 2.48. The zero-order valence-corrected chi connectivity index (χ0v) is 10.9. The number of pyridine rings is 1. The second-order valence-electron chi connectivity index (χ2n) is 3.89. The first kappa shape index (κ1) is 12.5. The van der Waals surface area contributed by atoms with Gasteiger partial charge in [-0.15, -0.1) is 11.3 Å². The van der Waals surface area contributed by atoms with Crippen molar-refractivity contribution in [2.75, 3.05) is 11.9 Å². The van der Waals surface area contributed by atoms with Crippen molar-refractivity contribution in [3.63, 3.8) is 0 Å². The molecule has 0 aromatic carbocycles. The number of carboxylic acid groups (broad SMARTS) is 1. The zero-order valence-electron chi connectivity index (χ0n) is 10.1. The van der Waals surface area contributed by atoms with Crippen LogP contribution in [0.5, 0.6) is 0 Å². The summed E-state index contributed by atoms with van der Waals surface area (Å²) in [5, 5.41) is 9.10. The van der Waals surface area contributed by atoms with Crippen LogP contribution in [-0.2, 0) is 6.54 Å². The summed E-state index contributed by atoms with van der Waals surface area (Å²) in [5.41, 5.74) is 3.45. The second-order valence-corrected chi connectivity index (χ2v) is 4.83. The summed E-state index contributed by atoms with van der Waals surface area (Å²) in [6.07, 6.45) is 1.48. The average molecular weight is 263 g/mol. The standard InChI is InChI=1S/C12H13N3O2S/c1-8-10(18-7-14-8)6-15(2)9-4-3-5-13-11(9)12(16)17/h3-5,7H,6H2,1-2H3,(H,16,17). The summed E-state index contributed by atoms with van der Waals surface area (Å²) in [6, 6.07) is 3.49. The lowest BCUT2D eigenvalue weighted by Crippen LogP contribution is -2.20. The molecule has 18 heavy (non-hydrogen) atoms. The van der Waals surface area contributed by atoms with E-state index in [2.05, 4.69) is 9.97 Å². The summed E-state index contributed by atoms with van der Waals surface area (Å²) in [7, 11) is 1.85. The summed E-state index contributed by atoms with van der Waals surface area (Å²) >= 11 is 1.57. The molecule has 5 nitrogen and oxygen atoms in total. The van der Waals surface area contributed by atoms with Crippen LogP contribution >= 0.6 is 11.3 Å². The van der Waals surface area contributed by atoms with Gasteiger partial charge in [0.25, 0.3) is 0 Å². The van der Waals surface area contributed by atoms with E-state index >= 15 is 0 Å². The van der Waals surface area contributed by atoms with Crippen LogP contribution in [0.2, 0.25) is 0 Å². The topological polar surface area (TPSA) is 66.3 Å². The van der Waals surface area contributed by atoms with Gasteiger partial charge in [0.2, 0.25) is 0 Å². The maximum Gasteiger partial charge on any atom is 0.356 e. The number of rotatable bonds is 4. The van der Waals surface area contributed by atoms with Crippen molar-refractivity contribution in [2.24, 2.45) is 0 Å². The molecule has 0 bridgehead atoms. The highest BCUT2D eigenvalue weighted by Crippen LogP contribution is 2.21. The highest BCUT2D eigenvalue weighted by Gasteiger charge is 2.15. The van der Waals surface area contributed by atoms with Gasteiger partial charge in [-0.2, -0.15) is 0 Å². The van der Waals surface area contributed by atoms with Crippen molar-refractivity contribution < 1.29 is 9.90 Å². The highest BCUT2D eigenvalue weighted by molar-refractivity contribution is 7.09. The van der Waals surface area contributed by atoms with Crippen LogP contribution < -0.4 is 4.90 Å². The number of anilines is 1. The van der Waals surface area contributed by atoms with E-state index in [4.69, 9.17) is 5.11 Å². The van der Waals surface area contributed by atoms with Crippen LogP contribution in [0.3, 0.4) is 0 Å². The number of hydrogen-bond donors (Lipinski definition) is 1. The first-order chi connectivity index (χ1) is 8.59. The van der Waals surface area contributed by atoms with E-state index < -0.39 is 5.97 Å². The number of thiazole rings is 1. The van der Waals surface area contributed by atoms with Crippen LogP contribution in [0, 0.1) is 6.92 Å². The maximum absolute atomic E-state index is 11.1. The fourth-order valence-corrected chi connectivity index (χ4v) is 2.48. The minimum atomic E-state index is -1.02. The highest BCUT2D eigenvalue weighted by atomic mass is 32.1. The number of carbonyl (C=O) groups is 1. The van der Waals surface area contributed by atoms with Crippen molar-refractivity contribution in [1.82, 2.24) is 9.97 Å². The SMILES string of the molecule is Cc1ncsc1CN(C)c1cccnc1C(=O)O. The van der Waals surface area contributed by atoms with Gasteiger partial charge in [-0.1, -0.05) is 0 Å². The molecule has 0 aliphatic carbocycles. The summed E-state index contributed by atoms with van der Waals surface area (Å²) in [4.78, 5) is 22.2. The third-order valence-corrected chi connectivity index (χ3v) is 3.55. The minimum absolute atomic E-state index is 0.0715. The number of carboxylic acids is 1. The van der Waals surface area contributed by atoms with Gasteiger partial charge < -0.3 is 10.0 Å². The smallest absolute Gasteiger partial charge is 0.356 e. The molecule has 0 unspecified atom stereocenters. The van der Waals surface area contributed by atoms with Crippen LogP contribution in [-0.4, -0.2) is 28.1 Å². The monoisotopic (exact) mass is 263 g/mol. The van der Waals surface area contributed by atoms with Gasteiger partial charge in [-0.25, -0.2) is 14.8 Å². The average Bonchev–Trinajstić information content (AvgIpc) is 2.75. The third-order valence-electron chi connectivity index (χ3n) is 2.63. The molecule has 0 aliphatic heterocycles. The van der Waals surface area contributed by atoms with Gasteiger partial charge in [0.1, 0.15) is 0 Å². The Hall–Kier alpha value is -1.95. The first-order valence-corrected chi connectivity index (χ1v) is 6.26. The molecule has 0 fully saturated rings. The fourth-order valence-electron chi connectivity index (χ4n) is 1.65. The predicted molar refractivity (Wildman–Crippen MR) is 70.2 cm³/mol. The molecule has 0 spiro atoms. The lowest BCUT2D eigenvalue weighted by Gasteiger charge is -2.19. The molecular weight excluding hydrogens is 250 g/mol. The van der Waals surface area contributed by atoms with Crippen molar-refractivity contribution in [2.45, 2.75) is 13.5 Å². The molecule has 0 amide bonds. The molecule has 2 rings (SSSR count). The quantitative estimate of drug-likeness (QED) is 0.915. The Morgan fingerprint density at radius 1 is 1.50 bits per heavy atom. The molecule has 0 saturated heterocycles. The molecule has 94 valence electrons. The van der Waals surface area contributed by atoms with E-state index in [0.717, 1.165) is 10.6 Å². The normalized spacial score (nSPS) is 10.3. The molecule has 0 saturated carbocycles. The molecule has 0 aliphatic rings. The van der Waals surface area contributed by atoms with Gasteiger partial charge >= 0.3 is 5.97 Å². The number of aromatic carboxylic acids is 1. The summed E-state index contributed by atoms with van der Waals surface area (Å²) < 4.78 is 0. The Balaban J connectivity index is 2.26. The summed E-state index contributed by atoms with van der Waals surface area (Å²) in [6.45, 7) is 2.57. The first-order valence-electron chi connectivity index (χ1n) is 5.38. The van der Waals surface area contributed by atoms with Crippen molar-refractivity contribution in [3.8, 4) is 0 Å². The molecule has 2 aromatic heterocycles. The number of aryl methyl sites for hydroxylation is 1. The lowest BCUT2D eigenvalue weighted by atomic mass is 10.2. The largest absolute Gasteiger partial charge is 0.476 e. The molecular formula is C12H13N3O2S. The van der Waals surface area contributed by atoms with E-state index in [0.29, 0.717) is 12.2 Å². The van der Waals surface area contributed by atoms with Gasteiger partial charge in [-0.3, -0.25) is 0 Å². The van der Waals surface area contributed by atoms with Crippen LogP contribution in [0.4, 0.5) is 5.69 Å². The van der Waals surface area contributed by atoms with E-state index in [1.807, 2.05) is 18.9 Å². The van der Waals surface area contributed by atoms with Gasteiger partial charge in [0.15, 0.2) is 5.69 Å². The van der Waals surface area contributed by atoms with Gasteiger partial charge in [0.05, 0.1) is 23.4 Å². The summed E-state index contributed by atoms with van der Waals surface area (Å²) in [5.74, 6) is -1.02. The van der Waals surface area contributed by atoms with Crippen LogP contribution in [0.25, 0.3) is 0 Å². The van der Waals surface area contributed by atoms with Crippen LogP contribution in [0.1, 0.15) is 21.1 Å². The molecule has 6 heteroatoms. The maximum atomic E-state index is 11.1. The van der Waals surface area contributed by atoms with E-state index in [1.54, 1.807) is 29.0 Å². The van der Waals surface area contributed by atoms with E-state index in [1.165, 1.54) is 6.20 Å². The molecule has 0 radical (unpaired) electrons. The van der Waals surface area contributed by atoms with Crippen molar-refractivity contribution in [3.05, 3.63) is 40.1 Å².